The fraction of sp³-hybridized carbons (Fsp3) is 0.674. The van der Waals surface area contributed by atoms with Crippen LogP contribution in [0.4, 0.5) is 0 Å². The van der Waals surface area contributed by atoms with E-state index in [9.17, 15) is 15.0 Å². The molecular formula is C46H79NO3. The Morgan fingerprint density at radius 2 is 0.900 bits per heavy atom. The topological polar surface area (TPSA) is 69.6 Å². The van der Waals surface area contributed by atoms with Crippen LogP contribution in [0, 0.1) is 0 Å². The van der Waals surface area contributed by atoms with Gasteiger partial charge in [0.1, 0.15) is 0 Å². The smallest absolute Gasteiger partial charge is 0.220 e. The van der Waals surface area contributed by atoms with E-state index in [-0.39, 0.29) is 12.5 Å². The van der Waals surface area contributed by atoms with E-state index >= 15 is 0 Å². The number of nitrogens with one attached hydrogen (secondary N) is 1. The van der Waals surface area contributed by atoms with Gasteiger partial charge in [-0.05, 0) is 77.0 Å². The van der Waals surface area contributed by atoms with E-state index in [0.29, 0.717) is 6.42 Å². The summed E-state index contributed by atoms with van der Waals surface area (Å²) < 4.78 is 0. The first-order valence-corrected chi connectivity index (χ1v) is 20.8. The number of carbonyl (C=O) groups excluding carboxylic acids is 1. The van der Waals surface area contributed by atoms with Crippen molar-refractivity contribution >= 4 is 5.91 Å². The van der Waals surface area contributed by atoms with E-state index in [2.05, 4.69) is 92.1 Å². The maximum absolute atomic E-state index is 12.3. The van der Waals surface area contributed by atoms with Gasteiger partial charge in [-0.2, -0.15) is 0 Å². The van der Waals surface area contributed by atoms with Crippen molar-refractivity contribution in [2.24, 2.45) is 0 Å². The van der Waals surface area contributed by atoms with Crippen LogP contribution in [0.5, 0.6) is 0 Å². The van der Waals surface area contributed by atoms with Crippen molar-refractivity contribution in [3.63, 3.8) is 0 Å². The van der Waals surface area contributed by atoms with Crippen molar-refractivity contribution < 1.29 is 15.0 Å². The molecule has 3 N–H and O–H groups in total. The Morgan fingerprint density at radius 3 is 1.40 bits per heavy atom. The highest BCUT2D eigenvalue weighted by Crippen LogP contribution is 2.13. The summed E-state index contributed by atoms with van der Waals surface area (Å²) in [7, 11) is 0. The second-order valence-electron chi connectivity index (χ2n) is 13.7. The number of allylic oxidation sites excluding steroid dienone is 13. The van der Waals surface area contributed by atoms with Crippen LogP contribution in [0.15, 0.2) is 85.1 Å². The van der Waals surface area contributed by atoms with Crippen LogP contribution in [0.2, 0.25) is 0 Å². The molecule has 0 heterocycles. The first-order chi connectivity index (χ1) is 24.7. The first-order valence-electron chi connectivity index (χ1n) is 20.8. The molecule has 0 bridgehead atoms. The van der Waals surface area contributed by atoms with Gasteiger partial charge in [0.25, 0.3) is 0 Å². The fourth-order valence-corrected chi connectivity index (χ4v) is 5.69. The molecule has 2 atom stereocenters. The van der Waals surface area contributed by atoms with Crippen LogP contribution in [0.1, 0.15) is 181 Å². The summed E-state index contributed by atoms with van der Waals surface area (Å²) in [4.78, 5) is 12.3. The van der Waals surface area contributed by atoms with Crippen molar-refractivity contribution in [1.29, 1.82) is 0 Å². The Kier molecular flexibility index (Phi) is 39.0. The molecule has 0 aromatic carbocycles. The van der Waals surface area contributed by atoms with Gasteiger partial charge in [0.2, 0.25) is 5.91 Å². The van der Waals surface area contributed by atoms with Gasteiger partial charge in [-0.15, -0.1) is 0 Å². The number of carbonyl (C=O) groups is 1. The van der Waals surface area contributed by atoms with Gasteiger partial charge in [0, 0.05) is 6.42 Å². The highest BCUT2D eigenvalue weighted by molar-refractivity contribution is 5.76. The van der Waals surface area contributed by atoms with E-state index in [0.717, 1.165) is 64.2 Å². The number of aliphatic hydroxyl groups excluding tert-OH is 2. The molecule has 0 aliphatic heterocycles. The summed E-state index contributed by atoms with van der Waals surface area (Å²) in [5.41, 5.74) is 0. The molecule has 0 saturated heterocycles. The van der Waals surface area contributed by atoms with Crippen LogP contribution >= 0.6 is 0 Å². The standard InChI is InChI=1S/C46H79NO3/c1-3-5-7-9-11-13-15-16-17-18-19-20-21-22-23-24-25-26-27-28-29-30-32-34-36-38-40-42-46(50)47-44(43-48)45(49)41-39-37-35-33-31-14-12-10-8-6-4-2/h5,7,11,13,16-17,19-20,22-23,31,33,39,41,44-45,48-49H,3-4,6,8-10,12,14-15,18,21,24-30,32,34-38,40,42-43H2,1-2H3,(H,47,50)/b7-5-,13-11-,17-16-,20-19-,23-22-,33-31+,41-39+. The minimum absolute atomic E-state index is 0.0836. The van der Waals surface area contributed by atoms with Crippen molar-refractivity contribution in [1.82, 2.24) is 5.32 Å². The van der Waals surface area contributed by atoms with Gasteiger partial charge >= 0.3 is 0 Å². The van der Waals surface area contributed by atoms with Gasteiger partial charge in [-0.1, -0.05) is 182 Å². The Hall–Kier alpha value is -2.43. The van der Waals surface area contributed by atoms with E-state index in [1.807, 2.05) is 6.08 Å². The summed E-state index contributed by atoms with van der Waals surface area (Å²) in [5, 5.41) is 22.9. The molecule has 0 radical (unpaired) electrons. The number of unbranched alkanes of at least 4 members (excludes halogenated alkanes) is 17. The fourth-order valence-electron chi connectivity index (χ4n) is 5.69. The zero-order valence-corrected chi connectivity index (χ0v) is 32.6. The number of hydrogen-bond acceptors (Lipinski definition) is 3. The van der Waals surface area contributed by atoms with Gasteiger partial charge in [0.05, 0.1) is 18.8 Å². The van der Waals surface area contributed by atoms with Crippen LogP contribution in [0.3, 0.4) is 0 Å². The average Bonchev–Trinajstić information content (AvgIpc) is 3.12. The van der Waals surface area contributed by atoms with Crippen molar-refractivity contribution in [3.05, 3.63) is 85.1 Å². The zero-order valence-electron chi connectivity index (χ0n) is 32.6. The molecule has 2 unspecified atom stereocenters. The molecule has 0 fully saturated rings. The van der Waals surface area contributed by atoms with E-state index in [1.165, 1.54) is 96.3 Å². The van der Waals surface area contributed by atoms with E-state index in [1.54, 1.807) is 6.08 Å². The zero-order chi connectivity index (χ0) is 36.4. The molecule has 0 aliphatic rings. The second-order valence-corrected chi connectivity index (χ2v) is 13.7. The molecule has 4 heteroatoms. The van der Waals surface area contributed by atoms with Crippen LogP contribution in [0.25, 0.3) is 0 Å². The Balaban J connectivity index is 3.61. The Labute approximate surface area is 310 Å². The summed E-state index contributed by atoms with van der Waals surface area (Å²) in [5.74, 6) is -0.0836. The molecule has 0 aromatic heterocycles. The predicted octanol–water partition coefficient (Wildman–Crippen LogP) is 12.9. The molecule has 0 saturated carbocycles. The summed E-state index contributed by atoms with van der Waals surface area (Å²) >= 11 is 0. The monoisotopic (exact) mass is 694 g/mol. The van der Waals surface area contributed by atoms with Crippen LogP contribution in [-0.4, -0.2) is 34.9 Å². The van der Waals surface area contributed by atoms with Crippen molar-refractivity contribution in [2.45, 2.75) is 193 Å². The van der Waals surface area contributed by atoms with Crippen molar-refractivity contribution in [2.75, 3.05) is 6.61 Å². The lowest BCUT2D eigenvalue weighted by Gasteiger charge is -2.19. The highest BCUT2D eigenvalue weighted by Gasteiger charge is 2.17. The molecular weight excluding hydrogens is 615 g/mol. The van der Waals surface area contributed by atoms with Gasteiger partial charge < -0.3 is 15.5 Å². The lowest BCUT2D eigenvalue weighted by Crippen LogP contribution is -2.45. The Morgan fingerprint density at radius 1 is 0.500 bits per heavy atom. The number of hydrogen-bond donors (Lipinski definition) is 3. The molecule has 286 valence electrons. The molecule has 4 nitrogen and oxygen atoms in total. The third kappa shape index (κ3) is 36.8. The molecule has 0 aromatic rings. The molecule has 0 rings (SSSR count). The molecule has 0 spiro atoms. The van der Waals surface area contributed by atoms with E-state index in [4.69, 9.17) is 0 Å². The minimum Gasteiger partial charge on any atom is -0.394 e. The molecule has 0 aliphatic carbocycles. The van der Waals surface area contributed by atoms with E-state index < -0.39 is 12.1 Å². The summed E-state index contributed by atoms with van der Waals surface area (Å²) in [6.45, 7) is 4.14. The third-order valence-corrected chi connectivity index (χ3v) is 8.86. The summed E-state index contributed by atoms with van der Waals surface area (Å²) in [6, 6.07) is -0.643. The van der Waals surface area contributed by atoms with Crippen LogP contribution in [-0.2, 0) is 4.79 Å². The Bertz CT molecular complexity index is 926. The van der Waals surface area contributed by atoms with Gasteiger partial charge in [-0.3, -0.25) is 4.79 Å². The summed E-state index contributed by atoms with van der Waals surface area (Å²) in [6.07, 6.45) is 59.7. The second kappa shape index (κ2) is 41.0. The quantitative estimate of drug-likeness (QED) is 0.0452. The largest absolute Gasteiger partial charge is 0.394 e. The maximum Gasteiger partial charge on any atom is 0.220 e. The third-order valence-electron chi connectivity index (χ3n) is 8.86. The average molecular weight is 694 g/mol. The SMILES string of the molecule is CC/C=C\C/C=C\C/C=C\C/C=C\C/C=C\CCCCCCCCCCCCCC(=O)NC(CO)C(O)/C=C/CC/C=C/CCCCCCC. The number of amides is 1. The van der Waals surface area contributed by atoms with Crippen LogP contribution < -0.4 is 5.32 Å². The lowest BCUT2D eigenvalue weighted by molar-refractivity contribution is -0.123. The van der Waals surface area contributed by atoms with Gasteiger partial charge in [0.15, 0.2) is 0 Å². The maximum atomic E-state index is 12.3. The highest BCUT2D eigenvalue weighted by atomic mass is 16.3. The predicted molar refractivity (Wildman–Crippen MR) is 220 cm³/mol. The normalized spacial score (nSPS) is 13.9. The molecule has 50 heavy (non-hydrogen) atoms. The minimum atomic E-state index is -0.865. The van der Waals surface area contributed by atoms with Gasteiger partial charge in [-0.25, -0.2) is 0 Å². The number of aliphatic hydroxyl groups is 2. The number of rotatable bonds is 36. The molecule has 1 amide bonds. The first kappa shape index (κ1) is 47.6. The van der Waals surface area contributed by atoms with Crippen molar-refractivity contribution in [3.8, 4) is 0 Å². The lowest BCUT2D eigenvalue weighted by atomic mass is 10.0.